The zero-order valence-corrected chi connectivity index (χ0v) is 5.70. The normalized spacial score (nSPS) is 41.7. The molecule has 0 amide bonds. The molecule has 0 aromatic rings. The first-order valence-electron chi connectivity index (χ1n) is 3.44. The van der Waals surface area contributed by atoms with Crippen molar-refractivity contribution in [3.8, 4) is 0 Å². The molecule has 60 valence electrons. The van der Waals surface area contributed by atoms with Gasteiger partial charge in [0.2, 0.25) is 0 Å². The maximum absolute atomic E-state index is 9.16. The second kappa shape index (κ2) is 3.30. The average Bonchev–Trinajstić information content (AvgIpc) is 1.88. The fourth-order valence-corrected chi connectivity index (χ4v) is 1.14. The predicted octanol–water partition coefficient (Wildman–Crippen LogP) is -1.94. The van der Waals surface area contributed by atoms with Crippen molar-refractivity contribution in [2.75, 3.05) is 13.2 Å². The van der Waals surface area contributed by atoms with Crippen LogP contribution in [0.3, 0.4) is 0 Å². The number of piperidine rings is 1. The maximum Gasteiger partial charge on any atom is 0.0740 e. The van der Waals surface area contributed by atoms with Gasteiger partial charge >= 0.3 is 0 Å². The Kier molecular flexibility index (Phi) is 2.62. The fraction of sp³-hybridized carbons (Fsp3) is 1.00. The Labute approximate surface area is 59.5 Å². The molecule has 0 unspecified atom stereocenters. The van der Waals surface area contributed by atoms with Crippen LogP contribution in [0.15, 0.2) is 0 Å². The highest BCUT2D eigenvalue weighted by Gasteiger charge is 2.26. The largest absolute Gasteiger partial charge is 0.395 e. The molecule has 0 aromatic carbocycles. The van der Waals surface area contributed by atoms with Crippen molar-refractivity contribution in [3.05, 3.63) is 0 Å². The van der Waals surface area contributed by atoms with Crippen LogP contribution in [0.1, 0.15) is 6.42 Å². The van der Waals surface area contributed by atoms with E-state index in [0.29, 0.717) is 13.0 Å². The van der Waals surface area contributed by atoms with E-state index in [1.165, 1.54) is 0 Å². The lowest BCUT2D eigenvalue weighted by Crippen LogP contribution is -2.52. The van der Waals surface area contributed by atoms with Crippen LogP contribution < -0.4 is 5.32 Å². The highest BCUT2D eigenvalue weighted by atomic mass is 16.3. The molecule has 1 fully saturated rings. The number of aliphatic hydroxyl groups is 3. The number of β-amino-alcohol motifs (C(OH)–C–C–N with tert-alkyl or cyclic N) is 1. The van der Waals surface area contributed by atoms with Gasteiger partial charge in [-0.05, 0) is 0 Å². The molecular formula is C6H13NO3. The number of rotatable bonds is 1. The molecule has 3 atom stereocenters. The van der Waals surface area contributed by atoms with Crippen molar-refractivity contribution in [1.29, 1.82) is 0 Å². The summed E-state index contributed by atoms with van der Waals surface area (Å²) in [6.45, 7) is 0.385. The molecule has 4 heteroatoms. The fourth-order valence-electron chi connectivity index (χ4n) is 1.14. The molecule has 4 N–H and O–H groups in total. The lowest BCUT2D eigenvalue weighted by Gasteiger charge is -2.30. The molecule has 4 nitrogen and oxygen atoms in total. The third-order valence-corrected chi connectivity index (χ3v) is 1.79. The Morgan fingerprint density at radius 1 is 1.40 bits per heavy atom. The molecule has 1 aliphatic heterocycles. The van der Waals surface area contributed by atoms with Gasteiger partial charge in [-0.3, -0.25) is 0 Å². The first kappa shape index (κ1) is 7.94. The van der Waals surface area contributed by atoms with E-state index in [4.69, 9.17) is 15.3 Å². The standard InChI is InChI=1S/C6H13NO3/c8-3-5-6(10)1-4(9)2-7-5/h4-10H,1-3H2/t4-,5+,6+/m0/s1. The van der Waals surface area contributed by atoms with Crippen molar-refractivity contribution in [3.63, 3.8) is 0 Å². The van der Waals surface area contributed by atoms with Crippen molar-refractivity contribution >= 4 is 0 Å². The predicted molar refractivity (Wildman–Crippen MR) is 35.5 cm³/mol. The van der Waals surface area contributed by atoms with Crippen LogP contribution >= 0.6 is 0 Å². The molecule has 1 heterocycles. The second-order valence-electron chi connectivity index (χ2n) is 2.65. The molecule has 0 bridgehead atoms. The third kappa shape index (κ3) is 1.67. The summed E-state index contributed by atoms with van der Waals surface area (Å²) in [7, 11) is 0. The molecule has 1 saturated heterocycles. The summed E-state index contributed by atoms with van der Waals surface area (Å²) in [6, 6.07) is -0.261. The summed E-state index contributed by atoms with van der Waals surface area (Å²) < 4.78 is 0. The molecule has 0 saturated carbocycles. The third-order valence-electron chi connectivity index (χ3n) is 1.79. The smallest absolute Gasteiger partial charge is 0.0740 e. The lowest BCUT2D eigenvalue weighted by molar-refractivity contribution is 0.00654. The second-order valence-corrected chi connectivity index (χ2v) is 2.65. The van der Waals surface area contributed by atoms with Crippen LogP contribution in [0, 0.1) is 0 Å². The Morgan fingerprint density at radius 3 is 2.60 bits per heavy atom. The van der Waals surface area contributed by atoms with Crippen LogP contribution in [-0.2, 0) is 0 Å². The summed E-state index contributed by atoms with van der Waals surface area (Å²) in [6.07, 6.45) is -0.732. The average molecular weight is 147 g/mol. The molecule has 0 aromatic heterocycles. The summed E-state index contributed by atoms with van der Waals surface area (Å²) in [5.74, 6) is 0. The Hall–Kier alpha value is -0.160. The van der Waals surface area contributed by atoms with Gasteiger partial charge in [0.1, 0.15) is 0 Å². The SMILES string of the molecule is OC[C@H]1NC[C@@H](O)C[C@H]1O. The first-order valence-corrected chi connectivity index (χ1v) is 3.44. The zero-order valence-electron chi connectivity index (χ0n) is 5.70. The van der Waals surface area contributed by atoms with E-state index >= 15 is 0 Å². The topological polar surface area (TPSA) is 72.7 Å². The molecule has 0 radical (unpaired) electrons. The van der Waals surface area contributed by atoms with Gasteiger partial charge in [-0.2, -0.15) is 0 Å². The molecule has 1 rings (SSSR count). The Balaban J connectivity index is 2.36. The monoisotopic (exact) mass is 147 g/mol. The van der Waals surface area contributed by atoms with E-state index in [1.54, 1.807) is 0 Å². The van der Waals surface area contributed by atoms with Gasteiger partial charge in [0.05, 0.1) is 24.9 Å². The maximum atomic E-state index is 9.16. The van der Waals surface area contributed by atoms with Crippen LogP contribution in [0.5, 0.6) is 0 Å². The van der Waals surface area contributed by atoms with E-state index in [2.05, 4.69) is 5.32 Å². The van der Waals surface area contributed by atoms with Gasteiger partial charge in [0.25, 0.3) is 0 Å². The summed E-state index contributed by atoms with van der Waals surface area (Å²) >= 11 is 0. The number of hydrogen-bond donors (Lipinski definition) is 4. The molecular weight excluding hydrogens is 134 g/mol. The minimum atomic E-state index is -0.617. The van der Waals surface area contributed by atoms with E-state index < -0.39 is 12.2 Å². The van der Waals surface area contributed by atoms with Gasteiger partial charge in [-0.25, -0.2) is 0 Å². The molecule has 10 heavy (non-hydrogen) atoms. The first-order chi connectivity index (χ1) is 4.74. The lowest BCUT2D eigenvalue weighted by atomic mass is 10.0. The van der Waals surface area contributed by atoms with Gasteiger partial charge in [-0.15, -0.1) is 0 Å². The van der Waals surface area contributed by atoms with Crippen molar-refractivity contribution in [2.24, 2.45) is 0 Å². The molecule has 0 spiro atoms. The Morgan fingerprint density at radius 2 is 2.10 bits per heavy atom. The van der Waals surface area contributed by atoms with Gasteiger partial charge < -0.3 is 20.6 Å². The van der Waals surface area contributed by atoms with E-state index in [-0.39, 0.29) is 12.6 Å². The van der Waals surface area contributed by atoms with Crippen molar-refractivity contribution < 1.29 is 15.3 Å². The van der Waals surface area contributed by atoms with E-state index in [1.807, 2.05) is 0 Å². The van der Waals surface area contributed by atoms with E-state index in [9.17, 15) is 0 Å². The van der Waals surface area contributed by atoms with Crippen molar-refractivity contribution in [2.45, 2.75) is 24.7 Å². The zero-order chi connectivity index (χ0) is 7.56. The number of nitrogens with one attached hydrogen (secondary N) is 1. The molecule has 0 aliphatic carbocycles. The minimum absolute atomic E-state index is 0.0755. The minimum Gasteiger partial charge on any atom is -0.395 e. The van der Waals surface area contributed by atoms with Crippen LogP contribution in [0.25, 0.3) is 0 Å². The van der Waals surface area contributed by atoms with Gasteiger partial charge in [-0.1, -0.05) is 0 Å². The van der Waals surface area contributed by atoms with E-state index in [0.717, 1.165) is 0 Å². The quantitative estimate of drug-likeness (QED) is 0.348. The van der Waals surface area contributed by atoms with Gasteiger partial charge in [0, 0.05) is 13.0 Å². The van der Waals surface area contributed by atoms with Crippen LogP contribution in [-0.4, -0.2) is 46.7 Å². The van der Waals surface area contributed by atoms with Crippen molar-refractivity contribution in [1.82, 2.24) is 5.32 Å². The summed E-state index contributed by atoms with van der Waals surface area (Å²) in [4.78, 5) is 0. The highest BCUT2D eigenvalue weighted by molar-refractivity contribution is 4.84. The van der Waals surface area contributed by atoms with Crippen LogP contribution in [0.2, 0.25) is 0 Å². The van der Waals surface area contributed by atoms with Gasteiger partial charge in [0.15, 0.2) is 0 Å². The number of aliphatic hydroxyl groups excluding tert-OH is 3. The molecule has 1 aliphatic rings. The Bertz CT molecular complexity index is 109. The van der Waals surface area contributed by atoms with Crippen LogP contribution in [0.4, 0.5) is 0 Å². The number of hydrogen-bond acceptors (Lipinski definition) is 4. The summed E-state index contributed by atoms with van der Waals surface area (Å²) in [5, 5.41) is 29.6. The summed E-state index contributed by atoms with van der Waals surface area (Å²) in [5.41, 5.74) is 0. The highest BCUT2D eigenvalue weighted by Crippen LogP contribution is 2.07.